The van der Waals surface area contributed by atoms with Crippen LogP contribution in [0.2, 0.25) is 0 Å². The Bertz CT molecular complexity index is 707. The molecule has 1 amide bonds. The predicted octanol–water partition coefficient (Wildman–Crippen LogP) is 3.42. The van der Waals surface area contributed by atoms with Crippen LogP contribution < -0.4 is 5.32 Å². The first kappa shape index (κ1) is 19.2. The van der Waals surface area contributed by atoms with Crippen molar-refractivity contribution >= 4 is 23.4 Å². The van der Waals surface area contributed by atoms with E-state index in [-0.39, 0.29) is 12.1 Å². The molecule has 1 aliphatic heterocycles. The average Bonchev–Trinajstić information content (AvgIpc) is 2.73. The quantitative estimate of drug-likeness (QED) is 0.820. The molecule has 0 spiro atoms. The van der Waals surface area contributed by atoms with Crippen LogP contribution in [0.1, 0.15) is 24.1 Å². The average molecular weight is 384 g/mol. The zero-order valence-electron chi connectivity index (χ0n) is 15.5. The minimum atomic E-state index is -0.248. The van der Waals surface area contributed by atoms with Crippen molar-refractivity contribution in [1.82, 2.24) is 15.1 Å². The maximum Gasteiger partial charge on any atom is 0.409 e. The first-order valence-corrected chi connectivity index (χ1v) is 9.67. The maximum atomic E-state index is 11.9. The van der Waals surface area contributed by atoms with E-state index in [1.54, 1.807) is 4.90 Å². The first-order valence-electron chi connectivity index (χ1n) is 9.26. The molecule has 1 heterocycles. The lowest BCUT2D eigenvalue weighted by molar-refractivity contribution is 0.0918. The number of hydrogen-bond acceptors (Lipinski definition) is 3. The van der Waals surface area contributed by atoms with Gasteiger partial charge in [0.1, 0.15) is 0 Å². The highest BCUT2D eigenvalue weighted by Gasteiger charge is 2.25. The number of hydrogen-bond donors (Lipinski definition) is 1. The van der Waals surface area contributed by atoms with Crippen molar-refractivity contribution in [2.75, 3.05) is 32.8 Å². The molecule has 0 saturated carbocycles. The highest BCUT2D eigenvalue weighted by molar-refractivity contribution is 7.80. The Hall–Kier alpha value is -2.60. The molecule has 27 heavy (non-hydrogen) atoms. The third kappa shape index (κ3) is 4.98. The molecule has 0 unspecified atom stereocenters. The molecular formula is C21H25N3O2S. The number of ether oxygens (including phenoxy) is 1. The largest absolute Gasteiger partial charge is 0.450 e. The summed E-state index contributed by atoms with van der Waals surface area (Å²) >= 11 is 5.69. The first-order chi connectivity index (χ1) is 13.2. The topological polar surface area (TPSA) is 44.8 Å². The fraction of sp³-hybridized carbons (Fsp3) is 0.333. The predicted molar refractivity (Wildman–Crippen MR) is 111 cm³/mol. The zero-order valence-corrected chi connectivity index (χ0v) is 16.3. The van der Waals surface area contributed by atoms with Gasteiger partial charge in [0.25, 0.3) is 0 Å². The molecule has 2 aromatic carbocycles. The van der Waals surface area contributed by atoms with Crippen molar-refractivity contribution in [2.24, 2.45) is 0 Å². The Labute approximate surface area is 165 Å². The van der Waals surface area contributed by atoms with Gasteiger partial charge < -0.3 is 19.9 Å². The number of nitrogens with zero attached hydrogens (tertiary/aromatic N) is 2. The molecule has 1 fully saturated rings. The van der Waals surface area contributed by atoms with Gasteiger partial charge in [0.05, 0.1) is 12.6 Å². The van der Waals surface area contributed by atoms with Crippen molar-refractivity contribution < 1.29 is 9.53 Å². The number of carbonyl (C=O) groups is 1. The summed E-state index contributed by atoms with van der Waals surface area (Å²) in [5.41, 5.74) is 2.33. The van der Waals surface area contributed by atoms with Crippen LogP contribution in [-0.4, -0.2) is 53.8 Å². The molecule has 1 N–H and O–H groups in total. The van der Waals surface area contributed by atoms with E-state index in [0.29, 0.717) is 37.9 Å². The second-order valence-corrected chi connectivity index (χ2v) is 6.76. The number of carbonyl (C=O) groups excluding carboxylic acids is 1. The van der Waals surface area contributed by atoms with E-state index in [1.807, 2.05) is 43.3 Å². The number of rotatable bonds is 4. The number of nitrogens with one attached hydrogen (secondary N) is 1. The van der Waals surface area contributed by atoms with E-state index in [9.17, 15) is 4.79 Å². The van der Waals surface area contributed by atoms with Crippen LogP contribution in [-0.2, 0) is 4.74 Å². The Kier molecular flexibility index (Phi) is 6.65. The lowest BCUT2D eigenvalue weighted by Gasteiger charge is -2.36. The van der Waals surface area contributed by atoms with Crippen LogP contribution in [0.5, 0.6) is 0 Å². The molecule has 0 aromatic heterocycles. The van der Waals surface area contributed by atoms with E-state index < -0.39 is 0 Å². The van der Waals surface area contributed by atoms with Crippen LogP contribution in [0.15, 0.2) is 60.7 Å². The zero-order chi connectivity index (χ0) is 19.1. The lowest BCUT2D eigenvalue weighted by atomic mass is 9.99. The van der Waals surface area contributed by atoms with Crippen LogP contribution in [0.4, 0.5) is 4.79 Å². The third-order valence-corrected chi connectivity index (χ3v) is 5.00. The number of piperazine rings is 1. The highest BCUT2D eigenvalue weighted by atomic mass is 32.1. The smallest absolute Gasteiger partial charge is 0.409 e. The summed E-state index contributed by atoms with van der Waals surface area (Å²) in [5.74, 6) is 0. The molecule has 0 aliphatic carbocycles. The molecule has 0 atom stereocenters. The normalized spacial score (nSPS) is 14.1. The molecule has 3 rings (SSSR count). The molecule has 2 aromatic rings. The van der Waals surface area contributed by atoms with Crippen molar-refractivity contribution in [3.63, 3.8) is 0 Å². The van der Waals surface area contributed by atoms with Crippen molar-refractivity contribution in [1.29, 1.82) is 0 Å². The van der Waals surface area contributed by atoms with Gasteiger partial charge in [-0.3, -0.25) is 0 Å². The minimum Gasteiger partial charge on any atom is -0.450 e. The fourth-order valence-electron chi connectivity index (χ4n) is 3.17. The van der Waals surface area contributed by atoms with Gasteiger partial charge in [-0.1, -0.05) is 60.7 Å². The molecule has 5 nitrogen and oxygen atoms in total. The van der Waals surface area contributed by atoms with Gasteiger partial charge in [-0.15, -0.1) is 0 Å². The van der Waals surface area contributed by atoms with E-state index >= 15 is 0 Å². The third-order valence-electron chi connectivity index (χ3n) is 4.63. The molecule has 6 heteroatoms. The molecule has 0 bridgehead atoms. The highest BCUT2D eigenvalue weighted by Crippen LogP contribution is 2.22. The van der Waals surface area contributed by atoms with Crippen LogP contribution in [0.3, 0.4) is 0 Å². The summed E-state index contributed by atoms with van der Waals surface area (Å²) < 4.78 is 5.08. The Morgan fingerprint density at radius 2 is 1.44 bits per heavy atom. The van der Waals surface area contributed by atoms with Gasteiger partial charge >= 0.3 is 6.09 Å². The maximum absolute atomic E-state index is 11.9. The number of amides is 1. The Balaban J connectivity index is 1.66. The summed E-state index contributed by atoms with van der Waals surface area (Å²) in [6, 6.07) is 20.6. The van der Waals surface area contributed by atoms with E-state index in [2.05, 4.69) is 34.5 Å². The molecule has 1 saturated heterocycles. The summed E-state index contributed by atoms with van der Waals surface area (Å²) in [4.78, 5) is 15.7. The Morgan fingerprint density at radius 1 is 0.963 bits per heavy atom. The fourth-order valence-corrected chi connectivity index (χ4v) is 3.47. The monoisotopic (exact) mass is 383 g/mol. The van der Waals surface area contributed by atoms with Gasteiger partial charge in [0.15, 0.2) is 5.11 Å². The van der Waals surface area contributed by atoms with Gasteiger partial charge in [0, 0.05) is 26.2 Å². The van der Waals surface area contributed by atoms with Crippen LogP contribution >= 0.6 is 12.2 Å². The van der Waals surface area contributed by atoms with E-state index in [1.165, 1.54) is 0 Å². The Morgan fingerprint density at radius 3 is 1.93 bits per heavy atom. The molecule has 0 radical (unpaired) electrons. The SMILES string of the molecule is CCOC(=O)N1CCN(C(=S)NC(c2ccccc2)c2ccccc2)CC1. The number of benzene rings is 2. The molecule has 142 valence electrons. The van der Waals surface area contributed by atoms with E-state index in [4.69, 9.17) is 17.0 Å². The van der Waals surface area contributed by atoms with Gasteiger partial charge in [0.2, 0.25) is 0 Å². The van der Waals surface area contributed by atoms with Crippen LogP contribution in [0.25, 0.3) is 0 Å². The number of thiocarbonyl (C=S) groups is 1. The van der Waals surface area contributed by atoms with Crippen LogP contribution in [0, 0.1) is 0 Å². The lowest BCUT2D eigenvalue weighted by Crippen LogP contribution is -2.53. The summed E-state index contributed by atoms with van der Waals surface area (Å²) in [6.07, 6.45) is -0.248. The van der Waals surface area contributed by atoms with Gasteiger partial charge in [-0.05, 0) is 30.3 Å². The second-order valence-electron chi connectivity index (χ2n) is 6.38. The van der Waals surface area contributed by atoms with E-state index in [0.717, 1.165) is 11.1 Å². The van der Waals surface area contributed by atoms with Crippen molar-refractivity contribution in [2.45, 2.75) is 13.0 Å². The molecule has 1 aliphatic rings. The summed E-state index contributed by atoms with van der Waals surface area (Å²) in [6.45, 7) is 4.83. The standard InChI is InChI=1S/C21H25N3O2S/c1-2-26-21(25)24-15-13-23(14-16-24)20(27)22-19(17-9-5-3-6-10-17)18-11-7-4-8-12-18/h3-12,19H,2,13-16H2,1H3,(H,22,27). The van der Waals surface area contributed by atoms with Crippen molar-refractivity contribution in [3.05, 3.63) is 71.8 Å². The van der Waals surface area contributed by atoms with Crippen molar-refractivity contribution in [3.8, 4) is 0 Å². The summed E-state index contributed by atoms with van der Waals surface area (Å²) in [7, 11) is 0. The van der Waals surface area contributed by atoms with Gasteiger partial charge in [-0.2, -0.15) is 0 Å². The molecular weight excluding hydrogens is 358 g/mol. The summed E-state index contributed by atoms with van der Waals surface area (Å²) in [5, 5.41) is 4.22. The minimum absolute atomic E-state index is 0.0111. The van der Waals surface area contributed by atoms with Gasteiger partial charge in [-0.25, -0.2) is 4.79 Å². The second kappa shape index (κ2) is 9.37.